The maximum atomic E-state index is 13.1. The van der Waals surface area contributed by atoms with Gasteiger partial charge >= 0.3 is 0 Å². The summed E-state index contributed by atoms with van der Waals surface area (Å²) in [5, 5.41) is 0.509. The Labute approximate surface area is 107 Å². The maximum Gasteiger partial charge on any atom is 0.123 e. The molecule has 90 valence electrons. The monoisotopic (exact) mass is 272 g/mol. The highest BCUT2D eigenvalue weighted by atomic mass is 35.5. The van der Waals surface area contributed by atoms with Gasteiger partial charge in [-0.1, -0.05) is 11.6 Å². The van der Waals surface area contributed by atoms with E-state index in [1.807, 2.05) is 0 Å². The smallest absolute Gasteiger partial charge is 0.123 e. The van der Waals surface area contributed by atoms with E-state index in [0.717, 1.165) is 17.4 Å². The van der Waals surface area contributed by atoms with Crippen molar-refractivity contribution in [2.24, 2.45) is 5.84 Å². The molecule has 0 saturated heterocycles. The van der Waals surface area contributed by atoms with Crippen LogP contribution in [0.15, 0.2) is 24.4 Å². The summed E-state index contributed by atoms with van der Waals surface area (Å²) >= 11 is 7.09. The highest BCUT2D eigenvalue weighted by Gasteiger charge is 2.15. The lowest BCUT2D eigenvalue weighted by Gasteiger charge is -2.13. The highest BCUT2D eigenvalue weighted by Crippen LogP contribution is 2.23. The van der Waals surface area contributed by atoms with E-state index in [4.69, 9.17) is 17.4 Å². The Bertz CT molecular complexity index is 491. The third-order valence-corrected chi connectivity index (χ3v) is 3.23. The van der Waals surface area contributed by atoms with Gasteiger partial charge in [-0.15, -0.1) is 0 Å². The first-order chi connectivity index (χ1) is 8.20. The van der Waals surface area contributed by atoms with Crippen LogP contribution in [0.4, 0.5) is 4.39 Å². The first-order valence-electron chi connectivity index (χ1n) is 4.88. The van der Waals surface area contributed by atoms with Crippen LogP contribution in [0.2, 0.25) is 5.02 Å². The van der Waals surface area contributed by atoms with Crippen molar-refractivity contribution in [2.45, 2.75) is 12.5 Å². The van der Waals surface area contributed by atoms with Crippen molar-refractivity contribution in [3.8, 4) is 0 Å². The van der Waals surface area contributed by atoms with Crippen LogP contribution in [0.25, 0.3) is 0 Å². The zero-order valence-corrected chi connectivity index (χ0v) is 10.3. The van der Waals surface area contributed by atoms with E-state index in [2.05, 4.69) is 14.2 Å². The predicted octanol–water partition coefficient (Wildman–Crippen LogP) is 2.08. The summed E-state index contributed by atoms with van der Waals surface area (Å²) < 4.78 is 21.1. The molecule has 0 aliphatic rings. The number of benzene rings is 1. The molecular weight excluding hydrogens is 263 g/mol. The molecule has 0 aliphatic heterocycles. The molecule has 0 radical (unpaired) electrons. The third-order valence-electron chi connectivity index (χ3n) is 2.37. The first kappa shape index (κ1) is 12.4. The van der Waals surface area contributed by atoms with E-state index in [0.29, 0.717) is 17.0 Å². The van der Waals surface area contributed by atoms with Crippen molar-refractivity contribution in [3.63, 3.8) is 0 Å². The molecule has 1 aromatic heterocycles. The second-order valence-electron chi connectivity index (χ2n) is 3.49. The SMILES string of the molecule is NNC(Cc1cc(F)ccc1Cl)c1cnsn1. The largest absolute Gasteiger partial charge is 0.271 e. The van der Waals surface area contributed by atoms with Gasteiger partial charge in [0.15, 0.2) is 0 Å². The summed E-state index contributed by atoms with van der Waals surface area (Å²) in [4.78, 5) is 0. The molecule has 1 aromatic carbocycles. The minimum absolute atomic E-state index is 0.229. The summed E-state index contributed by atoms with van der Waals surface area (Å²) in [6, 6.07) is 4.01. The molecule has 1 heterocycles. The van der Waals surface area contributed by atoms with Crippen molar-refractivity contribution in [1.82, 2.24) is 14.2 Å². The molecule has 0 spiro atoms. The Kier molecular flexibility index (Phi) is 4.01. The summed E-state index contributed by atoms with van der Waals surface area (Å²) in [5.74, 6) is 5.13. The Balaban J connectivity index is 2.21. The molecule has 7 heteroatoms. The molecule has 0 bridgehead atoms. The number of hydrazine groups is 1. The fourth-order valence-electron chi connectivity index (χ4n) is 1.49. The highest BCUT2D eigenvalue weighted by molar-refractivity contribution is 6.99. The van der Waals surface area contributed by atoms with Gasteiger partial charge in [0.25, 0.3) is 0 Å². The van der Waals surface area contributed by atoms with Crippen molar-refractivity contribution >= 4 is 23.3 Å². The lowest BCUT2D eigenvalue weighted by atomic mass is 10.0. The Morgan fingerprint density at radius 3 is 3.00 bits per heavy atom. The number of hydrogen-bond acceptors (Lipinski definition) is 5. The van der Waals surface area contributed by atoms with E-state index >= 15 is 0 Å². The molecular formula is C10H10ClFN4S. The molecule has 0 aliphatic carbocycles. The molecule has 0 saturated carbocycles. The van der Waals surface area contributed by atoms with E-state index in [9.17, 15) is 4.39 Å². The molecule has 4 nitrogen and oxygen atoms in total. The number of nitrogens with one attached hydrogen (secondary N) is 1. The minimum Gasteiger partial charge on any atom is -0.271 e. The quantitative estimate of drug-likeness (QED) is 0.661. The van der Waals surface area contributed by atoms with Crippen LogP contribution < -0.4 is 11.3 Å². The molecule has 1 atom stereocenters. The second kappa shape index (κ2) is 5.50. The van der Waals surface area contributed by atoms with Gasteiger partial charge in [0.2, 0.25) is 0 Å². The van der Waals surface area contributed by atoms with Crippen LogP contribution in [0, 0.1) is 5.82 Å². The Morgan fingerprint density at radius 2 is 2.35 bits per heavy atom. The van der Waals surface area contributed by atoms with Gasteiger partial charge in [-0.25, -0.2) is 4.39 Å². The predicted molar refractivity (Wildman–Crippen MR) is 65.1 cm³/mol. The summed E-state index contributed by atoms with van der Waals surface area (Å²) in [6.07, 6.45) is 2.08. The normalized spacial score (nSPS) is 12.6. The van der Waals surface area contributed by atoms with Gasteiger partial charge in [-0.3, -0.25) is 11.3 Å². The van der Waals surface area contributed by atoms with Crippen molar-refractivity contribution in [3.05, 3.63) is 46.5 Å². The lowest BCUT2D eigenvalue weighted by Crippen LogP contribution is -2.29. The van der Waals surface area contributed by atoms with Crippen molar-refractivity contribution in [1.29, 1.82) is 0 Å². The van der Waals surface area contributed by atoms with Crippen LogP contribution in [0.5, 0.6) is 0 Å². The van der Waals surface area contributed by atoms with Crippen molar-refractivity contribution in [2.75, 3.05) is 0 Å². The number of aromatic nitrogens is 2. The van der Waals surface area contributed by atoms with Crippen LogP contribution >= 0.6 is 23.3 Å². The molecule has 0 fully saturated rings. The first-order valence-corrected chi connectivity index (χ1v) is 5.99. The average Bonchev–Trinajstić information content (AvgIpc) is 2.84. The van der Waals surface area contributed by atoms with Crippen LogP contribution in [-0.4, -0.2) is 8.75 Å². The number of halogens is 2. The minimum atomic E-state index is -0.323. The fourth-order valence-corrected chi connectivity index (χ4v) is 2.16. The average molecular weight is 273 g/mol. The van der Waals surface area contributed by atoms with Crippen LogP contribution in [0.3, 0.4) is 0 Å². The van der Waals surface area contributed by atoms with Gasteiger partial charge < -0.3 is 0 Å². The van der Waals surface area contributed by atoms with Gasteiger partial charge in [-0.05, 0) is 30.2 Å². The van der Waals surface area contributed by atoms with E-state index in [-0.39, 0.29) is 11.9 Å². The van der Waals surface area contributed by atoms with Gasteiger partial charge in [0.1, 0.15) is 5.82 Å². The van der Waals surface area contributed by atoms with Crippen LogP contribution in [-0.2, 0) is 6.42 Å². The van der Waals surface area contributed by atoms with Gasteiger partial charge in [0.05, 0.1) is 29.7 Å². The number of nitrogens with two attached hydrogens (primary N) is 1. The topological polar surface area (TPSA) is 63.8 Å². The molecule has 1 unspecified atom stereocenters. The lowest BCUT2D eigenvalue weighted by molar-refractivity contribution is 0.539. The second-order valence-corrected chi connectivity index (χ2v) is 4.46. The number of rotatable bonds is 4. The maximum absolute atomic E-state index is 13.1. The summed E-state index contributed by atoms with van der Waals surface area (Å²) in [7, 11) is 0. The zero-order valence-electron chi connectivity index (χ0n) is 8.73. The van der Waals surface area contributed by atoms with E-state index < -0.39 is 0 Å². The molecule has 0 amide bonds. The van der Waals surface area contributed by atoms with Gasteiger partial charge in [0, 0.05) is 5.02 Å². The Hall–Kier alpha value is -1.08. The fraction of sp³-hybridized carbons (Fsp3) is 0.200. The van der Waals surface area contributed by atoms with Crippen molar-refractivity contribution < 1.29 is 4.39 Å². The molecule has 2 rings (SSSR count). The summed E-state index contributed by atoms with van der Waals surface area (Å²) in [5.41, 5.74) is 4.03. The molecule has 17 heavy (non-hydrogen) atoms. The third kappa shape index (κ3) is 2.98. The van der Waals surface area contributed by atoms with E-state index in [1.165, 1.54) is 18.2 Å². The van der Waals surface area contributed by atoms with Crippen LogP contribution in [0.1, 0.15) is 17.3 Å². The standard InChI is InChI=1S/C10H10ClFN4S/c11-8-2-1-7(12)3-6(8)4-9(15-13)10-5-14-17-16-10/h1-3,5,9,15H,4,13H2. The zero-order chi connectivity index (χ0) is 12.3. The number of hydrogen-bond donors (Lipinski definition) is 2. The molecule has 3 N–H and O–H groups in total. The number of nitrogens with zero attached hydrogens (tertiary/aromatic N) is 2. The summed E-state index contributed by atoms with van der Waals surface area (Å²) in [6.45, 7) is 0. The van der Waals surface area contributed by atoms with Gasteiger partial charge in [-0.2, -0.15) is 8.75 Å². The van der Waals surface area contributed by atoms with E-state index in [1.54, 1.807) is 6.20 Å². The molecule has 2 aromatic rings. The Morgan fingerprint density at radius 1 is 1.53 bits per heavy atom.